The van der Waals surface area contributed by atoms with Crippen LogP contribution in [0.5, 0.6) is 11.5 Å². The third kappa shape index (κ3) is 11.8. The normalized spacial score (nSPS) is 11.7. The molecular weight excluding hydrogens is 551 g/mol. The van der Waals surface area contributed by atoms with Crippen molar-refractivity contribution < 1.29 is 46.9 Å². The topological polar surface area (TPSA) is 124 Å². The van der Waals surface area contributed by atoms with Crippen molar-refractivity contribution in [3.05, 3.63) is 96.6 Å². The Morgan fingerprint density at radius 1 is 0.732 bits per heavy atom. The maximum absolute atomic E-state index is 14.1. The second kappa shape index (κ2) is 16.1. The first-order valence-corrected chi connectivity index (χ1v) is 14.7. The predicted octanol–water partition coefficient (Wildman–Crippen LogP) is 6.54. The largest absolute Gasteiger partial charge is 0.511 e. The first-order chi connectivity index (χ1) is 19.7. The summed E-state index contributed by atoms with van der Waals surface area (Å²) in [5.74, 6) is -2.04. The lowest BCUT2D eigenvalue weighted by atomic mass is 10.1. The van der Waals surface area contributed by atoms with Crippen LogP contribution in [0.4, 0.5) is 4.79 Å². The molecular formula is C30H33O10P. The minimum atomic E-state index is -4.05. The minimum Gasteiger partial charge on any atom is -0.461 e. The Kier molecular flexibility index (Phi) is 12.3. The Balaban J connectivity index is 1.73. The monoisotopic (exact) mass is 584 g/mol. The third-order valence-corrected chi connectivity index (χ3v) is 7.27. The highest BCUT2D eigenvalue weighted by molar-refractivity contribution is 7.54. The van der Waals surface area contributed by atoms with Crippen molar-refractivity contribution in [2.45, 2.75) is 39.4 Å². The van der Waals surface area contributed by atoms with Crippen molar-refractivity contribution in [3.63, 3.8) is 0 Å². The Labute approximate surface area is 239 Å². The van der Waals surface area contributed by atoms with E-state index >= 15 is 0 Å². The fourth-order valence-corrected chi connectivity index (χ4v) is 5.46. The number of rotatable bonds is 15. The molecule has 0 aliphatic carbocycles. The molecule has 0 aromatic heterocycles. The van der Waals surface area contributed by atoms with Gasteiger partial charge in [-0.15, -0.1) is 0 Å². The van der Waals surface area contributed by atoms with E-state index in [9.17, 15) is 18.9 Å². The van der Waals surface area contributed by atoms with E-state index in [1.165, 1.54) is 0 Å². The molecule has 0 heterocycles. The maximum atomic E-state index is 14.1. The zero-order valence-corrected chi connectivity index (χ0v) is 23.8. The summed E-state index contributed by atoms with van der Waals surface area (Å²) >= 11 is 0. The maximum Gasteiger partial charge on any atom is 0.511 e. The lowest BCUT2D eigenvalue weighted by Gasteiger charge is -2.24. The molecule has 3 rings (SSSR count). The van der Waals surface area contributed by atoms with Crippen molar-refractivity contribution in [1.29, 1.82) is 0 Å². The third-order valence-electron chi connectivity index (χ3n) is 5.40. The molecule has 0 spiro atoms. The summed E-state index contributed by atoms with van der Waals surface area (Å²) in [5.41, 5.74) is 0.805. The number of hydrogen-bond donors (Lipinski definition) is 0. The van der Waals surface area contributed by atoms with E-state index in [2.05, 4.69) is 0 Å². The number of ether oxygens (including phenoxy) is 4. The second-order valence-electron chi connectivity index (χ2n) is 9.13. The molecule has 41 heavy (non-hydrogen) atoms. The molecule has 0 radical (unpaired) electrons. The van der Waals surface area contributed by atoms with E-state index in [-0.39, 0.29) is 30.9 Å². The van der Waals surface area contributed by atoms with Gasteiger partial charge < -0.3 is 28.0 Å². The fourth-order valence-electron chi connectivity index (χ4n) is 3.51. The van der Waals surface area contributed by atoms with Crippen LogP contribution in [0, 0.1) is 5.92 Å². The summed E-state index contributed by atoms with van der Waals surface area (Å²) in [5, 5.41) is 0. The fraction of sp³-hybridized carbons (Fsp3) is 0.300. The summed E-state index contributed by atoms with van der Waals surface area (Å²) in [6.45, 7) is 2.60. The highest BCUT2D eigenvalue weighted by Crippen LogP contribution is 2.50. The Morgan fingerprint density at radius 3 is 1.80 bits per heavy atom. The lowest BCUT2D eigenvalue weighted by molar-refractivity contribution is -0.158. The van der Waals surface area contributed by atoms with Crippen LogP contribution in [0.3, 0.4) is 0 Å². The number of hydrogen-bond acceptors (Lipinski definition) is 10. The van der Waals surface area contributed by atoms with E-state index < -0.39 is 50.7 Å². The van der Waals surface area contributed by atoms with Crippen LogP contribution in [0.2, 0.25) is 0 Å². The molecule has 0 aliphatic rings. The van der Waals surface area contributed by atoms with Crippen LogP contribution in [-0.2, 0) is 39.7 Å². The molecule has 218 valence electrons. The van der Waals surface area contributed by atoms with E-state index in [0.717, 1.165) is 5.56 Å². The van der Waals surface area contributed by atoms with Crippen molar-refractivity contribution >= 4 is 25.7 Å². The highest BCUT2D eigenvalue weighted by atomic mass is 31.2. The van der Waals surface area contributed by atoms with Crippen molar-refractivity contribution in [1.82, 2.24) is 0 Å². The zero-order chi connectivity index (χ0) is 29.5. The standard InChI is InChI=1S/C30H33O10P/c1-23(2)38-30(33)37-22-36-29(32)25(18-19-28(31)35-20-24-12-6-3-7-13-24)21-41(34,39-26-14-8-4-9-15-26)40-27-16-10-5-11-17-27/h3-17,23,25H,18-22H2,1-2H3. The molecule has 0 saturated carbocycles. The van der Waals surface area contributed by atoms with Gasteiger partial charge in [-0.25, -0.2) is 9.36 Å². The van der Waals surface area contributed by atoms with Gasteiger partial charge in [-0.05, 0) is 50.1 Å². The summed E-state index contributed by atoms with van der Waals surface area (Å²) < 4.78 is 45.7. The number of carbonyl (C=O) groups excluding carboxylic acids is 3. The molecule has 3 aromatic rings. The van der Waals surface area contributed by atoms with E-state index in [4.69, 9.17) is 28.0 Å². The lowest BCUT2D eigenvalue weighted by Crippen LogP contribution is -2.26. The highest BCUT2D eigenvalue weighted by Gasteiger charge is 2.37. The molecule has 0 N–H and O–H groups in total. The van der Waals surface area contributed by atoms with Crippen molar-refractivity contribution in [2.75, 3.05) is 13.0 Å². The van der Waals surface area contributed by atoms with Gasteiger partial charge in [-0.1, -0.05) is 66.7 Å². The Bertz CT molecular complexity index is 1240. The van der Waals surface area contributed by atoms with Gasteiger partial charge >= 0.3 is 25.7 Å². The van der Waals surface area contributed by atoms with Crippen LogP contribution in [-0.4, -0.2) is 37.2 Å². The number of carbonyl (C=O) groups is 3. The van der Waals surface area contributed by atoms with Gasteiger partial charge in [-0.2, -0.15) is 0 Å². The van der Waals surface area contributed by atoms with Crippen LogP contribution >= 0.6 is 7.60 Å². The first kappa shape index (κ1) is 31.2. The van der Waals surface area contributed by atoms with Gasteiger partial charge in [0.1, 0.15) is 18.1 Å². The molecule has 10 nitrogen and oxygen atoms in total. The summed E-state index contributed by atoms with van der Waals surface area (Å²) in [6, 6.07) is 25.9. The number of para-hydroxylation sites is 2. The molecule has 0 saturated heterocycles. The SMILES string of the molecule is CC(C)OC(=O)OCOC(=O)C(CCC(=O)OCc1ccccc1)CP(=O)(Oc1ccccc1)Oc1ccccc1. The van der Waals surface area contributed by atoms with Gasteiger partial charge in [0.05, 0.1) is 18.2 Å². The van der Waals surface area contributed by atoms with Gasteiger partial charge in [0.2, 0.25) is 6.79 Å². The smallest absolute Gasteiger partial charge is 0.461 e. The molecule has 0 fully saturated rings. The Morgan fingerprint density at radius 2 is 1.27 bits per heavy atom. The molecule has 1 atom stereocenters. The van der Waals surface area contributed by atoms with Gasteiger partial charge in [0.25, 0.3) is 0 Å². The van der Waals surface area contributed by atoms with E-state index in [1.807, 2.05) is 30.3 Å². The van der Waals surface area contributed by atoms with Gasteiger partial charge in [-0.3, -0.25) is 9.59 Å². The van der Waals surface area contributed by atoms with Crippen LogP contribution in [0.1, 0.15) is 32.3 Å². The van der Waals surface area contributed by atoms with E-state index in [0.29, 0.717) is 0 Å². The average molecular weight is 585 g/mol. The Hall–Kier alpha value is -4.30. The molecule has 0 aliphatic heterocycles. The summed E-state index contributed by atoms with van der Waals surface area (Å²) in [4.78, 5) is 37.3. The predicted molar refractivity (Wildman–Crippen MR) is 149 cm³/mol. The van der Waals surface area contributed by atoms with Gasteiger partial charge in [0.15, 0.2) is 0 Å². The van der Waals surface area contributed by atoms with Crippen LogP contribution in [0.15, 0.2) is 91.0 Å². The zero-order valence-electron chi connectivity index (χ0n) is 22.9. The molecule has 0 bridgehead atoms. The quantitative estimate of drug-likeness (QED) is 0.0842. The summed E-state index contributed by atoms with van der Waals surface area (Å²) in [7, 11) is -4.05. The van der Waals surface area contributed by atoms with Crippen LogP contribution in [0.25, 0.3) is 0 Å². The number of esters is 2. The minimum absolute atomic E-state index is 0.0628. The van der Waals surface area contributed by atoms with Crippen molar-refractivity contribution in [2.24, 2.45) is 5.92 Å². The number of benzene rings is 3. The molecule has 0 amide bonds. The average Bonchev–Trinajstić information content (AvgIpc) is 2.95. The second-order valence-corrected chi connectivity index (χ2v) is 11.1. The van der Waals surface area contributed by atoms with E-state index in [1.54, 1.807) is 74.5 Å². The molecule has 3 aromatic carbocycles. The molecule has 1 unspecified atom stereocenters. The molecule has 11 heteroatoms. The van der Waals surface area contributed by atoms with Crippen LogP contribution < -0.4 is 9.05 Å². The first-order valence-electron chi connectivity index (χ1n) is 13.0. The van der Waals surface area contributed by atoms with Crippen molar-refractivity contribution in [3.8, 4) is 11.5 Å². The summed E-state index contributed by atoms with van der Waals surface area (Å²) in [6.07, 6.45) is -2.15. The van der Waals surface area contributed by atoms with Gasteiger partial charge in [0, 0.05) is 6.42 Å².